The molecule has 178 valence electrons. The van der Waals surface area contributed by atoms with Gasteiger partial charge in [0.2, 0.25) is 10.0 Å². The van der Waals surface area contributed by atoms with Crippen molar-refractivity contribution in [1.82, 2.24) is 9.62 Å². The van der Waals surface area contributed by atoms with Gasteiger partial charge in [-0.25, -0.2) is 8.42 Å². The molecule has 1 heterocycles. The number of piperidine rings is 1. The van der Waals surface area contributed by atoms with Crippen LogP contribution in [-0.4, -0.2) is 43.7 Å². The number of hydrogen-bond acceptors (Lipinski definition) is 4. The van der Waals surface area contributed by atoms with Crippen LogP contribution in [0, 0.1) is 11.8 Å². The third-order valence-electron chi connectivity index (χ3n) is 6.00. The minimum Gasteiger partial charge on any atom is -0.350 e. The van der Waals surface area contributed by atoms with Gasteiger partial charge in [0.25, 0.3) is 11.8 Å². The first-order chi connectivity index (χ1) is 15.6. The molecular weight excluding hydrogens is 438 g/mol. The van der Waals surface area contributed by atoms with E-state index in [1.807, 2.05) is 13.8 Å². The summed E-state index contributed by atoms with van der Waals surface area (Å²) in [5, 5.41) is 5.67. The standard InChI is InChI=1S/C25H33N3O4S/c1-5-19(4)26-25(30)22-8-6-7-9-23(22)27-24(29)20-10-12-21(13-11-20)33(31,32)28-15-17(2)14-18(3)16-28/h6-13,17-19H,5,14-16H2,1-4H3,(H,26,30)(H,27,29)/t17-,18-,19-/m0/s1. The maximum Gasteiger partial charge on any atom is 0.255 e. The quantitative estimate of drug-likeness (QED) is 0.635. The van der Waals surface area contributed by atoms with Crippen LogP contribution in [-0.2, 0) is 10.0 Å². The van der Waals surface area contributed by atoms with E-state index in [0.29, 0.717) is 41.7 Å². The summed E-state index contributed by atoms with van der Waals surface area (Å²) in [6.45, 7) is 9.03. The molecule has 8 heteroatoms. The van der Waals surface area contributed by atoms with E-state index in [1.165, 1.54) is 28.6 Å². The molecule has 1 aliphatic heterocycles. The fourth-order valence-corrected chi connectivity index (χ4v) is 5.80. The molecule has 2 aromatic carbocycles. The summed E-state index contributed by atoms with van der Waals surface area (Å²) >= 11 is 0. The maximum absolute atomic E-state index is 13.1. The largest absolute Gasteiger partial charge is 0.350 e. The molecular formula is C25H33N3O4S. The van der Waals surface area contributed by atoms with Crippen LogP contribution in [0.5, 0.6) is 0 Å². The third kappa shape index (κ3) is 6.00. The van der Waals surface area contributed by atoms with Crippen molar-refractivity contribution in [2.75, 3.05) is 18.4 Å². The molecule has 1 saturated heterocycles. The van der Waals surface area contributed by atoms with Gasteiger partial charge < -0.3 is 10.6 Å². The van der Waals surface area contributed by atoms with E-state index >= 15 is 0 Å². The Bertz CT molecular complexity index is 1090. The van der Waals surface area contributed by atoms with Crippen molar-refractivity contribution in [2.24, 2.45) is 11.8 Å². The van der Waals surface area contributed by atoms with Gasteiger partial charge in [-0.1, -0.05) is 32.9 Å². The molecule has 0 saturated carbocycles. The Kier molecular flexibility index (Phi) is 7.92. The van der Waals surface area contributed by atoms with E-state index in [2.05, 4.69) is 24.5 Å². The lowest BCUT2D eigenvalue weighted by molar-refractivity contribution is 0.0940. The van der Waals surface area contributed by atoms with Gasteiger partial charge in [0.05, 0.1) is 16.1 Å². The van der Waals surface area contributed by atoms with Crippen molar-refractivity contribution in [3.63, 3.8) is 0 Å². The summed E-state index contributed by atoms with van der Waals surface area (Å²) in [6, 6.07) is 12.8. The van der Waals surface area contributed by atoms with Crippen LogP contribution in [0.1, 0.15) is 61.3 Å². The van der Waals surface area contributed by atoms with Gasteiger partial charge in [0.15, 0.2) is 0 Å². The van der Waals surface area contributed by atoms with Crippen LogP contribution < -0.4 is 10.6 Å². The molecule has 0 spiro atoms. The molecule has 0 aromatic heterocycles. The number of hydrogen-bond donors (Lipinski definition) is 2. The SMILES string of the molecule is CC[C@H](C)NC(=O)c1ccccc1NC(=O)c1ccc(S(=O)(=O)N2C[C@@H](C)C[C@H](C)C2)cc1. The van der Waals surface area contributed by atoms with E-state index in [9.17, 15) is 18.0 Å². The molecule has 2 N–H and O–H groups in total. The maximum atomic E-state index is 13.1. The zero-order valence-corrected chi connectivity index (χ0v) is 20.5. The summed E-state index contributed by atoms with van der Waals surface area (Å²) in [7, 11) is -3.61. The smallest absolute Gasteiger partial charge is 0.255 e. The van der Waals surface area contributed by atoms with Crippen LogP contribution in [0.3, 0.4) is 0 Å². The second-order valence-electron chi connectivity index (χ2n) is 9.07. The Morgan fingerprint density at radius 1 is 1.00 bits per heavy atom. The van der Waals surface area contributed by atoms with Crippen LogP contribution in [0.25, 0.3) is 0 Å². The van der Waals surface area contributed by atoms with Crippen molar-refractivity contribution in [3.8, 4) is 0 Å². The Morgan fingerprint density at radius 2 is 1.61 bits per heavy atom. The number of nitrogens with zero attached hydrogens (tertiary/aromatic N) is 1. The lowest BCUT2D eigenvalue weighted by Gasteiger charge is -2.34. The molecule has 1 fully saturated rings. The molecule has 0 unspecified atom stereocenters. The van der Waals surface area contributed by atoms with E-state index in [-0.39, 0.29) is 16.8 Å². The lowest BCUT2D eigenvalue weighted by Crippen LogP contribution is -2.42. The Labute approximate surface area is 196 Å². The number of carbonyl (C=O) groups excluding carboxylic acids is 2. The summed E-state index contributed by atoms with van der Waals surface area (Å²) < 4.78 is 27.7. The molecule has 0 aliphatic carbocycles. The normalized spacial score (nSPS) is 20.1. The number of sulfonamides is 1. The molecule has 3 atom stereocenters. The number of amides is 2. The number of benzene rings is 2. The van der Waals surface area contributed by atoms with Crippen LogP contribution in [0.15, 0.2) is 53.4 Å². The molecule has 1 aliphatic rings. The molecule has 0 radical (unpaired) electrons. The number of anilines is 1. The molecule has 0 bridgehead atoms. The van der Waals surface area contributed by atoms with Gasteiger partial charge in [-0.15, -0.1) is 0 Å². The van der Waals surface area contributed by atoms with Crippen molar-refractivity contribution < 1.29 is 18.0 Å². The minimum absolute atomic E-state index is 0.0154. The average molecular weight is 472 g/mol. The molecule has 2 amide bonds. The predicted molar refractivity (Wildman–Crippen MR) is 130 cm³/mol. The first-order valence-corrected chi connectivity index (χ1v) is 12.9. The fourth-order valence-electron chi connectivity index (χ4n) is 4.12. The number of para-hydroxylation sites is 1. The Hall–Kier alpha value is -2.71. The Balaban J connectivity index is 1.75. The highest BCUT2D eigenvalue weighted by Gasteiger charge is 2.31. The fraction of sp³-hybridized carbons (Fsp3) is 0.440. The zero-order valence-electron chi connectivity index (χ0n) is 19.7. The highest BCUT2D eigenvalue weighted by Crippen LogP contribution is 2.27. The summed E-state index contributed by atoms with van der Waals surface area (Å²) in [5.74, 6) is -0.0491. The second-order valence-corrected chi connectivity index (χ2v) is 11.0. The van der Waals surface area contributed by atoms with E-state index in [1.54, 1.807) is 24.3 Å². The van der Waals surface area contributed by atoms with Crippen LogP contribution >= 0.6 is 0 Å². The molecule has 7 nitrogen and oxygen atoms in total. The van der Waals surface area contributed by atoms with Gasteiger partial charge in [-0.05, 0) is 68.0 Å². The lowest BCUT2D eigenvalue weighted by atomic mass is 9.94. The summed E-state index contributed by atoms with van der Waals surface area (Å²) in [6.07, 6.45) is 1.81. The van der Waals surface area contributed by atoms with E-state index in [0.717, 1.165) is 12.8 Å². The summed E-state index contributed by atoms with van der Waals surface area (Å²) in [5.41, 5.74) is 1.08. The monoisotopic (exact) mass is 471 g/mol. The van der Waals surface area contributed by atoms with Crippen molar-refractivity contribution in [2.45, 2.75) is 51.5 Å². The number of carbonyl (C=O) groups is 2. The first kappa shape index (κ1) is 24.9. The predicted octanol–water partition coefficient (Wildman–Crippen LogP) is 4.13. The zero-order chi connectivity index (χ0) is 24.2. The van der Waals surface area contributed by atoms with E-state index in [4.69, 9.17) is 0 Å². The van der Waals surface area contributed by atoms with Gasteiger partial charge in [0, 0.05) is 24.7 Å². The van der Waals surface area contributed by atoms with E-state index < -0.39 is 15.9 Å². The van der Waals surface area contributed by atoms with Crippen molar-refractivity contribution in [1.29, 1.82) is 0 Å². The van der Waals surface area contributed by atoms with Gasteiger partial charge >= 0.3 is 0 Å². The third-order valence-corrected chi connectivity index (χ3v) is 7.85. The molecule has 3 rings (SSSR count). The Morgan fingerprint density at radius 3 is 2.21 bits per heavy atom. The van der Waals surface area contributed by atoms with Gasteiger partial charge in [-0.2, -0.15) is 4.31 Å². The number of rotatable bonds is 7. The highest BCUT2D eigenvalue weighted by atomic mass is 32.2. The second kappa shape index (κ2) is 10.5. The molecule has 2 aromatic rings. The molecule has 33 heavy (non-hydrogen) atoms. The first-order valence-electron chi connectivity index (χ1n) is 11.4. The van der Waals surface area contributed by atoms with Crippen LogP contribution in [0.4, 0.5) is 5.69 Å². The minimum atomic E-state index is -3.61. The number of nitrogens with one attached hydrogen (secondary N) is 2. The highest BCUT2D eigenvalue weighted by molar-refractivity contribution is 7.89. The topological polar surface area (TPSA) is 95.6 Å². The average Bonchev–Trinajstić information content (AvgIpc) is 2.78. The van der Waals surface area contributed by atoms with Crippen LogP contribution in [0.2, 0.25) is 0 Å². The van der Waals surface area contributed by atoms with Gasteiger partial charge in [-0.3, -0.25) is 9.59 Å². The van der Waals surface area contributed by atoms with Gasteiger partial charge in [0.1, 0.15) is 0 Å². The summed E-state index contributed by atoms with van der Waals surface area (Å²) in [4.78, 5) is 25.6. The van der Waals surface area contributed by atoms with Crippen molar-refractivity contribution in [3.05, 3.63) is 59.7 Å². The van der Waals surface area contributed by atoms with Crippen molar-refractivity contribution >= 4 is 27.5 Å².